The van der Waals surface area contributed by atoms with Crippen molar-refractivity contribution in [2.45, 2.75) is 18.9 Å². The van der Waals surface area contributed by atoms with E-state index in [9.17, 15) is 0 Å². The molecule has 0 saturated heterocycles. The van der Waals surface area contributed by atoms with Crippen LogP contribution in [0.4, 0.5) is 0 Å². The van der Waals surface area contributed by atoms with E-state index >= 15 is 0 Å². The second kappa shape index (κ2) is 3.71. The van der Waals surface area contributed by atoms with Gasteiger partial charge in [-0.2, -0.15) is 0 Å². The lowest BCUT2D eigenvalue weighted by Crippen LogP contribution is -2.32. The van der Waals surface area contributed by atoms with Crippen molar-refractivity contribution in [3.63, 3.8) is 0 Å². The average molecular weight is 224 g/mol. The predicted octanol–water partition coefficient (Wildman–Crippen LogP) is 3.50. The van der Waals surface area contributed by atoms with Crippen LogP contribution in [0.5, 0.6) is 0 Å². The molecule has 0 N–H and O–H groups in total. The SMILES string of the molecule is COC1(C)c2ccccc2Cc2ccccc21. The van der Waals surface area contributed by atoms with Crippen LogP contribution in [0, 0.1) is 0 Å². The summed E-state index contributed by atoms with van der Waals surface area (Å²) < 4.78 is 5.83. The molecule has 0 aromatic heterocycles. The van der Waals surface area contributed by atoms with Crippen LogP contribution in [-0.2, 0) is 16.8 Å². The number of methoxy groups -OCH3 is 1. The molecule has 2 aromatic carbocycles. The highest BCUT2D eigenvalue weighted by atomic mass is 16.5. The molecule has 1 nitrogen and oxygen atoms in total. The average Bonchev–Trinajstić information content (AvgIpc) is 2.39. The Morgan fingerprint density at radius 3 is 1.82 bits per heavy atom. The minimum absolute atomic E-state index is 0.314. The van der Waals surface area contributed by atoms with Gasteiger partial charge in [0.2, 0.25) is 0 Å². The maximum atomic E-state index is 5.83. The highest BCUT2D eigenvalue weighted by molar-refractivity contribution is 5.51. The molecule has 17 heavy (non-hydrogen) atoms. The topological polar surface area (TPSA) is 9.23 Å². The zero-order valence-electron chi connectivity index (χ0n) is 10.2. The number of fused-ring (bicyclic) bond motifs is 2. The van der Waals surface area contributed by atoms with Gasteiger partial charge in [-0.15, -0.1) is 0 Å². The van der Waals surface area contributed by atoms with Crippen molar-refractivity contribution < 1.29 is 4.74 Å². The quantitative estimate of drug-likeness (QED) is 0.720. The molecule has 1 aliphatic rings. The Morgan fingerprint density at radius 1 is 0.882 bits per heavy atom. The zero-order valence-corrected chi connectivity index (χ0v) is 10.2. The van der Waals surface area contributed by atoms with Crippen LogP contribution < -0.4 is 0 Å². The van der Waals surface area contributed by atoms with Crippen molar-refractivity contribution in [3.8, 4) is 0 Å². The van der Waals surface area contributed by atoms with Crippen molar-refractivity contribution in [3.05, 3.63) is 70.8 Å². The third-order valence-corrected chi connectivity index (χ3v) is 3.85. The molecular formula is C16H16O. The van der Waals surface area contributed by atoms with Crippen molar-refractivity contribution in [1.29, 1.82) is 0 Å². The molecule has 0 radical (unpaired) electrons. The lowest BCUT2D eigenvalue weighted by atomic mass is 9.76. The Labute approximate surface area is 102 Å². The summed E-state index contributed by atoms with van der Waals surface area (Å²) in [6.45, 7) is 2.16. The summed E-state index contributed by atoms with van der Waals surface area (Å²) >= 11 is 0. The summed E-state index contributed by atoms with van der Waals surface area (Å²) in [5, 5.41) is 0. The van der Waals surface area contributed by atoms with Crippen LogP contribution in [-0.4, -0.2) is 7.11 Å². The van der Waals surface area contributed by atoms with Gasteiger partial charge in [-0.05, 0) is 35.6 Å². The number of ether oxygens (including phenoxy) is 1. The maximum absolute atomic E-state index is 5.83. The zero-order chi connectivity index (χ0) is 11.9. The first-order valence-corrected chi connectivity index (χ1v) is 5.97. The summed E-state index contributed by atoms with van der Waals surface area (Å²) in [5.74, 6) is 0. The summed E-state index contributed by atoms with van der Waals surface area (Å²) in [6, 6.07) is 17.1. The molecule has 1 heteroatoms. The molecular weight excluding hydrogens is 208 g/mol. The molecule has 3 rings (SSSR count). The molecule has 0 saturated carbocycles. The Hall–Kier alpha value is -1.60. The fraction of sp³-hybridized carbons (Fsp3) is 0.250. The highest BCUT2D eigenvalue weighted by Crippen LogP contribution is 2.41. The number of benzene rings is 2. The van der Waals surface area contributed by atoms with E-state index in [0.29, 0.717) is 0 Å². The molecule has 0 bridgehead atoms. The maximum Gasteiger partial charge on any atom is 0.115 e. The minimum Gasteiger partial charge on any atom is -0.369 e. The minimum atomic E-state index is -0.314. The van der Waals surface area contributed by atoms with Gasteiger partial charge in [-0.1, -0.05) is 48.5 Å². The Kier molecular flexibility index (Phi) is 2.30. The normalized spacial score (nSPS) is 16.1. The van der Waals surface area contributed by atoms with Gasteiger partial charge in [0.05, 0.1) is 0 Å². The van der Waals surface area contributed by atoms with Gasteiger partial charge in [0.25, 0.3) is 0 Å². The smallest absolute Gasteiger partial charge is 0.115 e. The summed E-state index contributed by atoms with van der Waals surface area (Å²) in [7, 11) is 1.79. The van der Waals surface area contributed by atoms with E-state index in [2.05, 4.69) is 55.5 Å². The third kappa shape index (κ3) is 1.43. The Bertz CT molecular complexity index is 511. The largest absolute Gasteiger partial charge is 0.369 e. The van der Waals surface area contributed by atoms with Crippen molar-refractivity contribution >= 4 is 0 Å². The molecule has 86 valence electrons. The van der Waals surface area contributed by atoms with Gasteiger partial charge in [0.1, 0.15) is 5.60 Å². The van der Waals surface area contributed by atoms with E-state index in [1.807, 2.05) is 0 Å². The first kappa shape index (κ1) is 10.5. The first-order valence-electron chi connectivity index (χ1n) is 5.97. The molecule has 0 spiro atoms. The van der Waals surface area contributed by atoms with Gasteiger partial charge in [-0.25, -0.2) is 0 Å². The van der Waals surface area contributed by atoms with E-state index in [-0.39, 0.29) is 5.60 Å². The van der Waals surface area contributed by atoms with Crippen molar-refractivity contribution in [1.82, 2.24) is 0 Å². The van der Waals surface area contributed by atoms with E-state index in [1.165, 1.54) is 22.3 Å². The third-order valence-electron chi connectivity index (χ3n) is 3.85. The predicted molar refractivity (Wildman–Crippen MR) is 69.2 cm³/mol. The van der Waals surface area contributed by atoms with Crippen molar-refractivity contribution in [2.75, 3.05) is 7.11 Å². The number of rotatable bonds is 1. The van der Waals surface area contributed by atoms with Gasteiger partial charge >= 0.3 is 0 Å². The molecule has 0 amide bonds. The van der Waals surface area contributed by atoms with E-state index in [0.717, 1.165) is 6.42 Å². The lowest BCUT2D eigenvalue weighted by Gasteiger charge is -2.36. The van der Waals surface area contributed by atoms with E-state index < -0.39 is 0 Å². The second-order valence-electron chi connectivity index (χ2n) is 4.73. The van der Waals surface area contributed by atoms with Crippen LogP contribution in [0.1, 0.15) is 29.2 Å². The number of hydrogen-bond donors (Lipinski definition) is 0. The van der Waals surface area contributed by atoms with Gasteiger partial charge in [0, 0.05) is 7.11 Å². The molecule has 0 fully saturated rings. The molecule has 2 aromatic rings. The fourth-order valence-electron chi connectivity index (χ4n) is 2.85. The lowest BCUT2D eigenvalue weighted by molar-refractivity contribution is 0.0358. The van der Waals surface area contributed by atoms with E-state index in [4.69, 9.17) is 4.74 Å². The molecule has 0 heterocycles. The van der Waals surface area contributed by atoms with Crippen LogP contribution in [0.25, 0.3) is 0 Å². The van der Waals surface area contributed by atoms with Crippen LogP contribution in [0.2, 0.25) is 0 Å². The standard InChI is InChI=1S/C16H16O/c1-16(17-2)14-9-5-3-7-12(14)11-13-8-4-6-10-15(13)16/h3-10H,11H2,1-2H3. The van der Waals surface area contributed by atoms with Crippen molar-refractivity contribution in [2.24, 2.45) is 0 Å². The van der Waals surface area contributed by atoms with Crippen LogP contribution >= 0.6 is 0 Å². The molecule has 1 aliphatic carbocycles. The van der Waals surface area contributed by atoms with Gasteiger partial charge in [-0.3, -0.25) is 0 Å². The first-order chi connectivity index (χ1) is 8.25. The van der Waals surface area contributed by atoms with E-state index in [1.54, 1.807) is 7.11 Å². The highest BCUT2D eigenvalue weighted by Gasteiger charge is 2.35. The summed E-state index contributed by atoms with van der Waals surface area (Å²) in [4.78, 5) is 0. The molecule has 0 unspecified atom stereocenters. The number of hydrogen-bond acceptors (Lipinski definition) is 1. The monoisotopic (exact) mass is 224 g/mol. The molecule has 0 aliphatic heterocycles. The second-order valence-corrected chi connectivity index (χ2v) is 4.73. The summed E-state index contributed by atoms with van der Waals surface area (Å²) in [6.07, 6.45) is 1.01. The Balaban J connectivity index is 2.28. The molecule has 0 atom stereocenters. The fourth-order valence-corrected chi connectivity index (χ4v) is 2.85. The summed E-state index contributed by atoms with van der Waals surface area (Å²) in [5.41, 5.74) is 5.01. The van der Waals surface area contributed by atoms with Gasteiger partial charge < -0.3 is 4.74 Å². The van der Waals surface area contributed by atoms with Crippen LogP contribution in [0.3, 0.4) is 0 Å². The Morgan fingerprint density at radius 2 is 1.35 bits per heavy atom. The van der Waals surface area contributed by atoms with Crippen LogP contribution in [0.15, 0.2) is 48.5 Å². The van der Waals surface area contributed by atoms with Gasteiger partial charge in [0.15, 0.2) is 0 Å².